The lowest BCUT2D eigenvalue weighted by molar-refractivity contribution is -0.440. The Hall–Kier alpha value is -1.44. The molecule has 0 aliphatic heterocycles. The van der Waals surface area contributed by atoms with Gasteiger partial charge in [0.15, 0.2) is 0 Å². The first-order chi connectivity index (χ1) is 12.6. The molecule has 15 heteroatoms. The van der Waals surface area contributed by atoms with Crippen LogP contribution in [0.5, 0.6) is 0 Å². The van der Waals surface area contributed by atoms with Gasteiger partial charge in [-0.15, -0.1) is 0 Å². The molecule has 0 amide bonds. The standard InChI is InChI=1S/C14H8ClF13O/c15-7-3-1-2-6(4-7)8(29)5-9(16,17)10(18,19)11(20,21)12(22,23)13(24,25)14(26,27)28/h1-4,8,29H,5H2. The average Bonchev–Trinajstić information content (AvgIpc) is 2.52. The first-order valence-corrected chi connectivity index (χ1v) is 7.40. The highest BCUT2D eigenvalue weighted by molar-refractivity contribution is 6.30. The number of hydrogen-bond donors (Lipinski definition) is 1. The number of alkyl halides is 13. The minimum atomic E-state index is -7.97. The molecular formula is C14H8ClF13O. The molecule has 1 unspecified atom stereocenters. The van der Waals surface area contributed by atoms with Crippen LogP contribution in [0.1, 0.15) is 18.1 Å². The van der Waals surface area contributed by atoms with Gasteiger partial charge in [-0.3, -0.25) is 0 Å². The number of benzene rings is 1. The summed E-state index contributed by atoms with van der Waals surface area (Å²) in [4.78, 5) is 0. The summed E-state index contributed by atoms with van der Waals surface area (Å²) >= 11 is 5.42. The molecule has 0 spiro atoms. The average molecular weight is 475 g/mol. The van der Waals surface area contributed by atoms with E-state index in [1.165, 1.54) is 0 Å². The molecule has 0 fully saturated rings. The van der Waals surface area contributed by atoms with E-state index in [1.54, 1.807) is 0 Å². The van der Waals surface area contributed by atoms with E-state index in [-0.39, 0.29) is 5.02 Å². The van der Waals surface area contributed by atoms with Crippen molar-refractivity contribution < 1.29 is 62.2 Å². The summed E-state index contributed by atoms with van der Waals surface area (Å²) in [5, 5.41) is 9.22. The lowest BCUT2D eigenvalue weighted by Gasteiger charge is -2.40. The summed E-state index contributed by atoms with van der Waals surface area (Å²) in [6, 6.07) is 3.59. The second-order valence-corrected chi connectivity index (χ2v) is 6.21. The van der Waals surface area contributed by atoms with Gasteiger partial charge >= 0.3 is 35.8 Å². The molecule has 29 heavy (non-hydrogen) atoms. The molecule has 0 bridgehead atoms. The summed E-state index contributed by atoms with van der Waals surface area (Å²) in [6.07, 6.45) is -12.9. The molecule has 1 nitrogen and oxygen atoms in total. The molecule has 0 heterocycles. The maximum atomic E-state index is 13.7. The van der Waals surface area contributed by atoms with Gasteiger partial charge < -0.3 is 5.11 Å². The second kappa shape index (κ2) is 7.36. The van der Waals surface area contributed by atoms with Crippen LogP contribution in [0, 0.1) is 0 Å². The minimum Gasteiger partial charge on any atom is -0.388 e. The van der Waals surface area contributed by atoms with Crippen molar-refractivity contribution >= 4 is 11.6 Å². The Balaban J connectivity index is 3.35. The van der Waals surface area contributed by atoms with E-state index in [0.29, 0.717) is 6.07 Å². The van der Waals surface area contributed by atoms with Crippen LogP contribution >= 0.6 is 11.6 Å². The summed E-state index contributed by atoms with van der Waals surface area (Å²) in [7, 11) is 0. The third-order valence-electron chi connectivity index (χ3n) is 3.68. The number of aliphatic hydroxyl groups is 1. The molecule has 1 aromatic rings. The molecule has 0 aliphatic carbocycles. The highest BCUT2D eigenvalue weighted by atomic mass is 35.5. The highest BCUT2D eigenvalue weighted by Gasteiger charge is 2.90. The second-order valence-electron chi connectivity index (χ2n) is 5.77. The van der Waals surface area contributed by atoms with E-state index in [9.17, 15) is 62.2 Å². The van der Waals surface area contributed by atoms with E-state index >= 15 is 0 Å². The van der Waals surface area contributed by atoms with Crippen LogP contribution < -0.4 is 0 Å². The topological polar surface area (TPSA) is 20.2 Å². The quantitative estimate of drug-likeness (QED) is 0.447. The molecule has 0 radical (unpaired) electrons. The van der Waals surface area contributed by atoms with E-state index in [2.05, 4.69) is 0 Å². The molecule has 1 rings (SSSR count). The molecule has 0 aromatic heterocycles. The third kappa shape index (κ3) is 4.09. The van der Waals surface area contributed by atoms with Crippen molar-refractivity contribution in [2.45, 2.75) is 48.3 Å². The van der Waals surface area contributed by atoms with Gasteiger partial charge in [-0.25, -0.2) is 0 Å². The number of hydrogen-bond acceptors (Lipinski definition) is 1. The van der Waals surface area contributed by atoms with Gasteiger partial charge in [0.2, 0.25) is 0 Å². The molecule has 1 atom stereocenters. The number of halogens is 14. The highest BCUT2D eigenvalue weighted by Crippen LogP contribution is 2.61. The fraction of sp³-hybridized carbons (Fsp3) is 0.571. The van der Waals surface area contributed by atoms with Crippen LogP contribution in [0.3, 0.4) is 0 Å². The van der Waals surface area contributed by atoms with E-state index in [4.69, 9.17) is 11.6 Å². The van der Waals surface area contributed by atoms with Crippen molar-refractivity contribution in [2.75, 3.05) is 0 Å². The summed E-state index contributed by atoms with van der Waals surface area (Å²) in [5.74, 6) is -37.4. The van der Waals surface area contributed by atoms with E-state index in [0.717, 1.165) is 18.2 Å². The number of aliphatic hydroxyl groups excluding tert-OH is 1. The van der Waals surface area contributed by atoms with Crippen LogP contribution in [0.25, 0.3) is 0 Å². The Kier molecular flexibility index (Phi) is 6.49. The zero-order valence-corrected chi connectivity index (χ0v) is 14.1. The Morgan fingerprint density at radius 3 is 1.59 bits per heavy atom. The van der Waals surface area contributed by atoms with Gasteiger partial charge in [0, 0.05) is 11.4 Å². The summed E-state index contributed by atoms with van der Waals surface area (Å²) in [5.41, 5.74) is -0.677. The fourth-order valence-electron chi connectivity index (χ4n) is 2.00. The van der Waals surface area contributed by atoms with Gasteiger partial charge in [-0.05, 0) is 17.7 Å². The first-order valence-electron chi connectivity index (χ1n) is 7.03. The molecular weight excluding hydrogens is 467 g/mol. The summed E-state index contributed by atoms with van der Waals surface area (Å²) < 4.78 is 169. The first kappa shape index (κ1) is 25.6. The summed E-state index contributed by atoms with van der Waals surface area (Å²) in [6.45, 7) is 0. The predicted molar refractivity (Wildman–Crippen MR) is 71.8 cm³/mol. The lowest BCUT2D eigenvalue weighted by atomic mass is 9.90. The SMILES string of the molecule is OC(CC(F)(F)C(F)(F)C(F)(F)C(F)(F)C(F)(F)C(F)(F)F)c1cccc(Cl)c1. The lowest BCUT2D eigenvalue weighted by Crippen LogP contribution is -2.70. The van der Waals surface area contributed by atoms with Crippen LogP contribution in [0.2, 0.25) is 5.02 Å². The smallest absolute Gasteiger partial charge is 0.388 e. The zero-order valence-electron chi connectivity index (χ0n) is 13.3. The van der Waals surface area contributed by atoms with Crippen LogP contribution in [-0.4, -0.2) is 40.9 Å². The molecule has 168 valence electrons. The van der Waals surface area contributed by atoms with E-state index < -0.39 is 53.9 Å². The Bertz CT molecular complexity index is 728. The Labute approximate surface area is 158 Å². The van der Waals surface area contributed by atoms with Crippen molar-refractivity contribution in [1.29, 1.82) is 0 Å². The van der Waals surface area contributed by atoms with Crippen molar-refractivity contribution in [2.24, 2.45) is 0 Å². The molecule has 1 N–H and O–H groups in total. The van der Waals surface area contributed by atoms with Crippen LogP contribution in [-0.2, 0) is 0 Å². The largest absolute Gasteiger partial charge is 0.460 e. The van der Waals surface area contributed by atoms with Crippen LogP contribution in [0.4, 0.5) is 57.1 Å². The van der Waals surface area contributed by atoms with Gasteiger partial charge in [0.25, 0.3) is 0 Å². The van der Waals surface area contributed by atoms with Crippen molar-refractivity contribution in [1.82, 2.24) is 0 Å². The zero-order chi connectivity index (χ0) is 23.3. The minimum absolute atomic E-state index is 0.252. The van der Waals surface area contributed by atoms with Crippen LogP contribution in [0.15, 0.2) is 24.3 Å². The Morgan fingerprint density at radius 1 is 0.724 bits per heavy atom. The Morgan fingerprint density at radius 2 is 1.17 bits per heavy atom. The normalized spacial score (nSPS) is 16.1. The van der Waals surface area contributed by atoms with E-state index in [1.807, 2.05) is 0 Å². The monoisotopic (exact) mass is 474 g/mol. The van der Waals surface area contributed by atoms with Crippen molar-refractivity contribution in [3.63, 3.8) is 0 Å². The molecule has 0 saturated heterocycles. The third-order valence-corrected chi connectivity index (χ3v) is 3.92. The number of rotatable bonds is 7. The molecule has 1 aromatic carbocycles. The van der Waals surface area contributed by atoms with Gasteiger partial charge in [-0.1, -0.05) is 23.7 Å². The molecule has 0 aliphatic rings. The fourth-order valence-corrected chi connectivity index (χ4v) is 2.20. The van der Waals surface area contributed by atoms with Gasteiger partial charge in [-0.2, -0.15) is 57.1 Å². The predicted octanol–water partition coefficient (Wildman–Crippen LogP) is 6.50. The maximum Gasteiger partial charge on any atom is 0.460 e. The maximum absolute atomic E-state index is 13.7. The van der Waals surface area contributed by atoms with Gasteiger partial charge in [0.1, 0.15) is 0 Å². The van der Waals surface area contributed by atoms with Crippen molar-refractivity contribution in [3.8, 4) is 0 Å². The molecule has 0 saturated carbocycles. The van der Waals surface area contributed by atoms with Gasteiger partial charge in [0.05, 0.1) is 6.10 Å². The van der Waals surface area contributed by atoms with Crippen molar-refractivity contribution in [3.05, 3.63) is 34.9 Å².